The molecular formula is C16H28IN5O2S. The zero-order chi connectivity index (χ0) is 17.4. The average molecular weight is 481 g/mol. The molecule has 1 saturated heterocycles. The highest BCUT2D eigenvalue weighted by atomic mass is 127. The minimum absolute atomic E-state index is 0. The fourth-order valence-electron chi connectivity index (χ4n) is 2.66. The van der Waals surface area contributed by atoms with E-state index in [9.17, 15) is 8.42 Å². The summed E-state index contributed by atoms with van der Waals surface area (Å²) in [7, 11) is -3.47. The molecule has 1 aromatic rings. The second-order valence-corrected chi connectivity index (χ2v) is 7.59. The molecule has 1 heterocycles. The Bertz CT molecular complexity index is 631. The van der Waals surface area contributed by atoms with Gasteiger partial charge in [-0.05, 0) is 12.5 Å². The van der Waals surface area contributed by atoms with E-state index in [-0.39, 0.29) is 36.3 Å². The van der Waals surface area contributed by atoms with E-state index in [0.29, 0.717) is 0 Å². The Morgan fingerprint density at radius 1 is 1.20 bits per heavy atom. The number of nitrogens with one attached hydrogen (secondary N) is 1. The van der Waals surface area contributed by atoms with Crippen LogP contribution in [0.3, 0.4) is 0 Å². The fraction of sp³-hybridized carbons (Fsp3) is 0.562. The number of aliphatic imine (C=N–C) groups is 1. The quantitative estimate of drug-likeness (QED) is 0.354. The van der Waals surface area contributed by atoms with Crippen molar-refractivity contribution in [2.45, 2.75) is 13.5 Å². The number of guanidine groups is 1. The van der Waals surface area contributed by atoms with Crippen LogP contribution in [0.25, 0.3) is 0 Å². The predicted molar refractivity (Wildman–Crippen MR) is 113 cm³/mol. The molecule has 3 N–H and O–H groups in total. The van der Waals surface area contributed by atoms with E-state index in [2.05, 4.69) is 44.4 Å². The highest BCUT2D eigenvalue weighted by molar-refractivity contribution is 14.0. The van der Waals surface area contributed by atoms with Crippen LogP contribution in [0, 0.1) is 0 Å². The molecule has 142 valence electrons. The van der Waals surface area contributed by atoms with Gasteiger partial charge in [0.1, 0.15) is 0 Å². The molecule has 2 rings (SSSR count). The van der Waals surface area contributed by atoms with Crippen molar-refractivity contribution in [3.63, 3.8) is 0 Å². The number of nitrogens with zero attached hydrogens (tertiary/aromatic N) is 3. The number of hydrogen-bond donors (Lipinski definition) is 2. The average Bonchev–Trinajstić information content (AvgIpc) is 2.55. The summed E-state index contributed by atoms with van der Waals surface area (Å²) in [5, 5.41) is 8.25. The van der Waals surface area contributed by atoms with Gasteiger partial charge < -0.3 is 10.2 Å². The zero-order valence-electron chi connectivity index (χ0n) is 14.6. The number of rotatable bonds is 6. The van der Waals surface area contributed by atoms with Gasteiger partial charge in [-0.25, -0.2) is 13.6 Å². The van der Waals surface area contributed by atoms with Crippen LogP contribution in [-0.4, -0.2) is 69.2 Å². The summed E-state index contributed by atoms with van der Waals surface area (Å²) in [6, 6.07) is 10.4. The summed E-state index contributed by atoms with van der Waals surface area (Å²) >= 11 is 0. The van der Waals surface area contributed by atoms with E-state index in [1.807, 2.05) is 13.0 Å². The number of sulfonamides is 1. The van der Waals surface area contributed by atoms with Crippen LogP contribution >= 0.6 is 24.0 Å². The van der Waals surface area contributed by atoms with Gasteiger partial charge in [-0.15, -0.1) is 24.0 Å². The van der Waals surface area contributed by atoms with Crippen LogP contribution in [0.5, 0.6) is 0 Å². The standard InChI is InChI=1S/C16H27N5O2S.HI/c1-2-18-16(19-8-13-24(17,22)23)21-11-9-20(10-12-21)14-15-6-4-3-5-7-15;/h3-7H,2,8-14H2,1H3,(H,18,19)(H2,17,22,23);1H. The van der Waals surface area contributed by atoms with Crippen molar-refractivity contribution in [3.05, 3.63) is 35.9 Å². The third kappa shape index (κ3) is 8.34. The topological polar surface area (TPSA) is 91.0 Å². The lowest BCUT2D eigenvalue weighted by atomic mass is 10.2. The van der Waals surface area contributed by atoms with Crippen LogP contribution in [0.4, 0.5) is 0 Å². The van der Waals surface area contributed by atoms with Crippen molar-refractivity contribution in [2.75, 3.05) is 45.0 Å². The van der Waals surface area contributed by atoms with Gasteiger partial charge in [0.05, 0.1) is 12.3 Å². The van der Waals surface area contributed by atoms with Crippen LogP contribution in [0.15, 0.2) is 35.3 Å². The molecule has 1 aliphatic rings. The van der Waals surface area contributed by atoms with E-state index >= 15 is 0 Å². The fourth-order valence-corrected chi connectivity index (χ4v) is 3.01. The van der Waals surface area contributed by atoms with Gasteiger partial charge in [0.2, 0.25) is 10.0 Å². The summed E-state index contributed by atoms with van der Waals surface area (Å²) in [5.41, 5.74) is 1.32. The molecule has 1 fully saturated rings. The third-order valence-electron chi connectivity index (χ3n) is 3.89. The smallest absolute Gasteiger partial charge is 0.210 e. The largest absolute Gasteiger partial charge is 0.357 e. The molecule has 0 bridgehead atoms. The lowest BCUT2D eigenvalue weighted by Gasteiger charge is -2.36. The molecule has 0 atom stereocenters. The van der Waals surface area contributed by atoms with Gasteiger partial charge in [0.25, 0.3) is 0 Å². The lowest BCUT2D eigenvalue weighted by molar-refractivity contribution is 0.172. The first-order chi connectivity index (χ1) is 11.5. The molecule has 9 heteroatoms. The van der Waals surface area contributed by atoms with E-state index < -0.39 is 10.0 Å². The molecule has 0 aromatic heterocycles. The Labute approximate surface area is 167 Å². The van der Waals surface area contributed by atoms with Gasteiger partial charge in [0, 0.05) is 39.3 Å². The molecular weight excluding hydrogens is 453 g/mol. The lowest BCUT2D eigenvalue weighted by Crippen LogP contribution is -2.52. The van der Waals surface area contributed by atoms with Gasteiger partial charge >= 0.3 is 0 Å². The summed E-state index contributed by atoms with van der Waals surface area (Å²) in [6.07, 6.45) is 0. The molecule has 0 aliphatic carbocycles. The van der Waals surface area contributed by atoms with E-state index in [4.69, 9.17) is 5.14 Å². The Kier molecular flexibility index (Phi) is 9.69. The first-order valence-electron chi connectivity index (χ1n) is 8.28. The molecule has 1 aromatic carbocycles. The summed E-state index contributed by atoms with van der Waals surface area (Å²) in [6.45, 7) is 7.53. The van der Waals surface area contributed by atoms with Crippen molar-refractivity contribution in [3.8, 4) is 0 Å². The van der Waals surface area contributed by atoms with Crippen molar-refractivity contribution in [1.29, 1.82) is 0 Å². The molecule has 0 radical (unpaired) electrons. The SMILES string of the molecule is CCNC(=NCCS(N)(=O)=O)N1CCN(Cc2ccccc2)CC1.I. The van der Waals surface area contributed by atoms with Crippen molar-refractivity contribution in [2.24, 2.45) is 10.1 Å². The second kappa shape index (κ2) is 10.9. The maximum absolute atomic E-state index is 11.0. The molecule has 0 unspecified atom stereocenters. The minimum atomic E-state index is -3.47. The predicted octanol–water partition coefficient (Wildman–Crippen LogP) is 0.676. The normalized spacial score (nSPS) is 16.4. The van der Waals surface area contributed by atoms with Crippen molar-refractivity contribution < 1.29 is 8.42 Å². The van der Waals surface area contributed by atoms with Gasteiger partial charge in [-0.2, -0.15) is 0 Å². The molecule has 7 nitrogen and oxygen atoms in total. The van der Waals surface area contributed by atoms with Gasteiger partial charge in [-0.1, -0.05) is 30.3 Å². The van der Waals surface area contributed by atoms with Crippen molar-refractivity contribution >= 4 is 40.0 Å². The number of piperazine rings is 1. The third-order valence-corrected chi connectivity index (χ3v) is 4.64. The Morgan fingerprint density at radius 2 is 1.84 bits per heavy atom. The van der Waals surface area contributed by atoms with E-state index in [1.54, 1.807) is 0 Å². The molecule has 1 aliphatic heterocycles. The molecule has 0 amide bonds. The maximum atomic E-state index is 11.0. The Morgan fingerprint density at radius 3 is 2.40 bits per heavy atom. The van der Waals surface area contributed by atoms with Gasteiger partial charge in [-0.3, -0.25) is 9.89 Å². The number of hydrogen-bond acceptors (Lipinski definition) is 4. The second-order valence-electron chi connectivity index (χ2n) is 5.85. The number of nitrogens with two attached hydrogens (primary N) is 1. The van der Waals surface area contributed by atoms with Crippen molar-refractivity contribution in [1.82, 2.24) is 15.1 Å². The van der Waals surface area contributed by atoms with E-state index in [1.165, 1.54) is 5.56 Å². The highest BCUT2D eigenvalue weighted by Gasteiger charge is 2.19. The summed E-state index contributed by atoms with van der Waals surface area (Å²) in [4.78, 5) is 8.98. The number of benzene rings is 1. The zero-order valence-corrected chi connectivity index (χ0v) is 17.7. The maximum Gasteiger partial charge on any atom is 0.210 e. The molecule has 25 heavy (non-hydrogen) atoms. The Balaban J connectivity index is 0.00000312. The summed E-state index contributed by atoms with van der Waals surface area (Å²) in [5.74, 6) is 0.635. The Hall–Kier alpha value is -0.910. The number of primary sulfonamides is 1. The minimum Gasteiger partial charge on any atom is -0.357 e. The molecule has 0 saturated carbocycles. The monoisotopic (exact) mass is 481 g/mol. The van der Waals surface area contributed by atoms with Crippen LogP contribution < -0.4 is 10.5 Å². The summed E-state index contributed by atoms with van der Waals surface area (Å²) < 4.78 is 22.1. The van der Waals surface area contributed by atoms with E-state index in [0.717, 1.165) is 45.2 Å². The van der Waals surface area contributed by atoms with Crippen LogP contribution in [0.1, 0.15) is 12.5 Å². The first-order valence-corrected chi connectivity index (χ1v) is 9.99. The highest BCUT2D eigenvalue weighted by Crippen LogP contribution is 2.08. The molecule has 0 spiro atoms. The van der Waals surface area contributed by atoms with Gasteiger partial charge in [0.15, 0.2) is 5.96 Å². The van der Waals surface area contributed by atoms with Crippen LogP contribution in [-0.2, 0) is 16.6 Å². The number of halogens is 1. The first kappa shape index (κ1) is 22.1. The van der Waals surface area contributed by atoms with Crippen LogP contribution in [0.2, 0.25) is 0 Å².